The molecule has 4 heteroatoms. The minimum atomic E-state index is -0.173. The molecule has 19 heavy (non-hydrogen) atoms. The van der Waals surface area contributed by atoms with E-state index in [0.29, 0.717) is 24.7 Å². The smallest absolute Gasteiger partial charge is 0.128 e. The second-order valence-corrected chi connectivity index (χ2v) is 6.14. The zero-order valence-electron chi connectivity index (χ0n) is 11.1. The molecule has 1 saturated carbocycles. The summed E-state index contributed by atoms with van der Waals surface area (Å²) >= 11 is 3.28. The molecule has 0 bridgehead atoms. The predicted molar refractivity (Wildman–Crippen MR) is 78.5 cm³/mol. The normalized spacial score (nSPS) is 17.1. The van der Waals surface area contributed by atoms with Crippen LogP contribution in [-0.4, -0.2) is 29.2 Å². The molecule has 1 aromatic carbocycles. The summed E-state index contributed by atoms with van der Waals surface area (Å²) in [6.07, 6.45) is 6.12. The molecule has 1 aliphatic rings. The summed E-state index contributed by atoms with van der Waals surface area (Å²) < 4.78 is 14.7. The van der Waals surface area contributed by atoms with E-state index in [1.54, 1.807) is 0 Å². The summed E-state index contributed by atoms with van der Waals surface area (Å²) in [5, 5.41) is 9.22. The molecule has 0 unspecified atom stereocenters. The number of aliphatic hydroxyl groups is 1. The summed E-state index contributed by atoms with van der Waals surface area (Å²) in [7, 11) is 0. The van der Waals surface area contributed by atoms with Crippen LogP contribution in [0.2, 0.25) is 0 Å². The van der Waals surface area contributed by atoms with Crippen LogP contribution in [0.3, 0.4) is 0 Å². The molecule has 2 nitrogen and oxygen atoms in total. The molecule has 0 spiro atoms. The Bertz CT molecular complexity index is 407. The quantitative estimate of drug-likeness (QED) is 0.890. The molecule has 1 N–H and O–H groups in total. The monoisotopic (exact) mass is 329 g/mol. The van der Waals surface area contributed by atoms with Gasteiger partial charge >= 0.3 is 0 Å². The largest absolute Gasteiger partial charge is 0.395 e. The Morgan fingerprint density at radius 2 is 2.00 bits per heavy atom. The van der Waals surface area contributed by atoms with Crippen molar-refractivity contribution >= 4 is 15.9 Å². The van der Waals surface area contributed by atoms with Gasteiger partial charge in [0.05, 0.1) is 6.61 Å². The summed E-state index contributed by atoms with van der Waals surface area (Å²) in [5.41, 5.74) is 0.710. The lowest BCUT2D eigenvalue weighted by Gasteiger charge is -2.34. The van der Waals surface area contributed by atoms with Gasteiger partial charge in [0.2, 0.25) is 0 Å². The van der Waals surface area contributed by atoms with Crippen LogP contribution in [0.1, 0.15) is 37.7 Å². The summed E-state index contributed by atoms with van der Waals surface area (Å²) in [6.45, 7) is 1.35. The number of aliphatic hydroxyl groups excluding tert-OH is 1. The first-order chi connectivity index (χ1) is 9.20. The molecule has 0 aliphatic heterocycles. The van der Waals surface area contributed by atoms with Gasteiger partial charge in [-0.05, 0) is 25.0 Å². The second-order valence-electron chi connectivity index (χ2n) is 5.22. The van der Waals surface area contributed by atoms with E-state index in [2.05, 4.69) is 20.8 Å². The van der Waals surface area contributed by atoms with Gasteiger partial charge in [0.25, 0.3) is 0 Å². The van der Waals surface area contributed by atoms with Crippen LogP contribution in [0.25, 0.3) is 0 Å². The van der Waals surface area contributed by atoms with E-state index >= 15 is 0 Å². The van der Waals surface area contributed by atoms with E-state index in [-0.39, 0.29) is 12.4 Å². The fourth-order valence-electron chi connectivity index (χ4n) is 2.83. The van der Waals surface area contributed by atoms with Crippen molar-refractivity contribution < 1.29 is 9.50 Å². The van der Waals surface area contributed by atoms with Gasteiger partial charge in [0.1, 0.15) is 5.82 Å². The van der Waals surface area contributed by atoms with Crippen molar-refractivity contribution in [2.45, 2.75) is 44.7 Å². The summed E-state index contributed by atoms with van der Waals surface area (Å²) in [4.78, 5) is 2.23. The maximum Gasteiger partial charge on any atom is 0.128 e. The molecule has 0 heterocycles. The van der Waals surface area contributed by atoms with Crippen LogP contribution in [0.15, 0.2) is 22.7 Å². The van der Waals surface area contributed by atoms with Crippen molar-refractivity contribution in [3.63, 3.8) is 0 Å². The minimum Gasteiger partial charge on any atom is -0.395 e. The van der Waals surface area contributed by atoms with Gasteiger partial charge in [-0.3, -0.25) is 4.90 Å². The lowest BCUT2D eigenvalue weighted by Crippen LogP contribution is -2.38. The topological polar surface area (TPSA) is 23.5 Å². The van der Waals surface area contributed by atoms with Crippen molar-refractivity contribution in [3.8, 4) is 0 Å². The standard InChI is InChI=1S/C15H21BrFNO/c16-13-7-6-12(15(17)10-13)11-18(8-9-19)14-4-2-1-3-5-14/h6-7,10,14,19H,1-5,8-9,11H2. The number of hydrogen-bond donors (Lipinski definition) is 1. The number of rotatable bonds is 5. The first kappa shape index (κ1) is 14.9. The third-order valence-electron chi connectivity index (χ3n) is 3.87. The summed E-state index contributed by atoms with van der Waals surface area (Å²) in [5.74, 6) is -0.173. The Hall–Kier alpha value is -0.450. The molecule has 0 aromatic heterocycles. The third-order valence-corrected chi connectivity index (χ3v) is 4.36. The highest BCUT2D eigenvalue weighted by Gasteiger charge is 2.21. The minimum absolute atomic E-state index is 0.134. The molecule has 2 rings (SSSR count). The van der Waals surface area contributed by atoms with Crippen molar-refractivity contribution in [1.82, 2.24) is 4.90 Å². The highest BCUT2D eigenvalue weighted by Crippen LogP contribution is 2.25. The Morgan fingerprint density at radius 1 is 1.26 bits per heavy atom. The van der Waals surface area contributed by atoms with Gasteiger partial charge in [0, 0.05) is 29.2 Å². The molecule has 1 aromatic rings. The van der Waals surface area contributed by atoms with E-state index in [0.717, 1.165) is 17.3 Å². The van der Waals surface area contributed by atoms with Crippen molar-refractivity contribution in [3.05, 3.63) is 34.1 Å². The summed E-state index contributed by atoms with van der Waals surface area (Å²) in [6, 6.07) is 5.69. The van der Waals surface area contributed by atoms with E-state index in [9.17, 15) is 9.50 Å². The molecule has 0 amide bonds. The van der Waals surface area contributed by atoms with Gasteiger partial charge in [-0.2, -0.15) is 0 Å². The molecule has 1 fully saturated rings. The average Bonchev–Trinajstić information content (AvgIpc) is 2.42. The van der Waals surface area contributed by atoms with Gasteiger partial charge < -0.3 is 5.11 Å². The first-order valence-corrected chi connectivity index (χ1v) is 7.79. The number of hydrogen-bond acceptors (Lipinski definition) is 2. The van der Waals surface area contributed by atoms with E-state index < -0.39 is 0 Å². The fourth-order valence-corrected chi connectivity index (χ4v) is 3.17. The number of halogens is 2. The molecule has 0 saturated heterocycles. The highest BCUT2D eigenvalue weighted by atomic mass is 79.9. The van der Waals surface area contributed by atoms with Crippen LogP contribution < -0.4 is 0 Å². The number of nitrogens with zero attached hydrogens (tertiary/aromatic N) is 1. The third kappa shape index (κ3) is 4.26. The van der Waals surface area contributed by atoms with Gasteiger partial charge in [-0.15, -0.1) is 0 Å². The Kier molecular flexibility index (Phi) is 5.79. The van der Waals surface area contributed by atoms with Crippen molar-refractivity contribution in [1.29, 1.82) is 0 Å². The lowest BCUT2D eigenvalue weighted by atomic mass is 9.94. The Labute approximate surface area is 122 Å². The Balaban J connectivity index is 2.06. The van der Waals surface area contributed by atoms with Gasteiger partial charge in [-0.25, -0.2) is 4.39 Å². The van der Waals surface area contributed by atoms with Gasteiger partial charge in [0.15, 0.2) is 0 Å². The second kappa shape index (κ2) is 7.36. The SMILES string of the molecule is OCCN(Cc1ccc(Br)cc1F)C1CCCCC1. The van der Waals surface area contributed by atoms with Gasteiger partial charge in [-0.1, -0.05) is 41.3 Å². The van der Waals surface area contributed by atoms with Crippen LogP contribution in [0.4, 0.5) is 4.39 Å². The zero-order valence-corrected chi connectivity index (χ0v) is 12.7. The molecule has 0 atom stereocenters. The van der Waals surface area contributed by atoms with Crippen molar-refractivity contribution in [2.24, 2.45) is 0 Å². The Morgan fingerprint density at radius 3 is 2.63 bits per heavy atom. The van der Waals surface area contributed by atoms with E-state index in [1.165, 1.54) is 25.3 Å². The maximum absolute atomic E-state index is 13.9. The maximum atomic E-state index is 13.9. The van der Waals surface area contributed by atoms with Crippen LogP contribution >= 0.6 is 15.9 Å². The van der Waals surface area contributed by atoms with Crippen molar-refractivity contribution in [2.75, 3.05) is 13.2 Å². The van der Waals surface area contributed by atoms with E-state index in [4.69, 9.17) is 0 Å². The molecule has 0 radical (unpaired) electrons. The molecular formula is C15H21BrFNO. The highest BCUT2D eigenvalue weighted by molar-refractivity contribution is 9.10. The zero-order chi connectivity index (χ0) is 13.7. The molecule has 106 valence electrons. The first-order valence-electron chi connectivity index (χ1n) is 6.99. The molecule has 1 aliphatic carbocycles. The predicted octanol–water partition coefficient (Wildman–Crippen LogP) is 3.72. The van der Waals surface area contributed by atoms with Crippen LogP contribution in [0.5, 0.6) is 0 Å². The van der Waals surface area contributed by atoms with Crippen LogP contribution in [0, 0.1) is 5.82 Å². The van der Waals surface area contributed by atoms with Crippen LogP contribution in [-0.2, 0) is 6.54 Å². The number of benzene rings is 1. The average molecular weight is 330 g/mol. The van der Waals surface area contributed by atoms with E-state index in [1.807, 2.05) is 12.1 Å². The molecular weight excluding hydrogens is 309 g/mol. The fraction of sp³-hybridized carbons (Fsp3) is 0.600. The lowest BCUT2D eigenvalue weighted by molar-refractivity contribution is 0.116.